The van der Waals surface area contributed by atoms with Crippen molar-refractivity contribution in [2.45, 2.75) is 71.5 Å². The van der Waals surface area contributed by atoms with Crippen LogP contribution in [0.5, 0.6) is 0 Å². The van der Waals surface area contributed by atoms with Crippen molar-refractivity contribution in [1.82, 2.24) is 10.6 Å². The van der Waals surface area contributed by atoms with E-state index in [2.05, 4.69) is 45.3 Å². The Morgan fingerprint density at radius 1 is 1.27 bits per heavy atom. The number of carbonyl (C=O) groups excluding carboxylic acids is 1. The van der Waals surface area contributed by atoms with E-state index in [9.17, 15) is 9.59 Å². The molecule has 1 unspecified atom stereocenters. The summed E-state index contributed by atoms with van der Waals surface area (Å²) in [6.07, 6.45) is 1.74. The SMILES string of the molecule is CC(C)CC(NC(=O)CNC(=O)O)B1O[C@@H]2C[C@@H]3C[C@@H](C3(C)C)[C@]2(C)O1. The molecule has 1 saturated heterocycles. The van der Waals surface area contributed by atoms with Crippen LogP contribution in [-0.2, 0) is 14.1 Å². The summed E-state index contributed by atoms with van der Waals surface area (Å²) in [5, 5.41) is 13.7. The zero-order chi connectivity index (χ0) is 19.3. The van der Waals surface area contributed by atoms with Gasteiger partial charge in [0, 0.05) is 0 Å². The summed E-state index contributed by atoms with van der Waals surface area (Å²) in [5.74, 6) is 0.829. The van der Waals surface area contributed by atoms with Gasteiger partial charge in [0.25, 0.3) is 0 Å². The Morgan fingerprint density at radius 3 is 2.54 bits per heavy atom. The highest BCUT2D eigenvalue weighted by Crippen LogP contribution is 2.65. The largest absolute Gasteiger partial charge is 0.481 e. The predicted molar refractivity (Wildman–Crippen MR) is 97.5 cm³/mol. The van der Waals surface area contributed by atoms with Crippen molar-refractivity contribution in [2.24, 2.45) is 23.2 Å². The summed E-state index contributed by atoms with van der Waals surface area (Å²) >= 11 is 0. The molecule has 5 atom stereocenters. The average Bonchev–Trinajstić information content (AvgIpc) is 2.88. The summed E-state index contributed by atoms with van der Waals surface area (Å²) in [6.45, 7) is 10.7. The van der Waals surface area contributed by atoms with Crippen molar-refractivity contribution < 1.29 is 24.0 Å². The highest BCUT2D eigenvalue weighted by atomic mass is 16.7. The quantitative estimate of drug-likeness (QED) is 0.625. The summed E-state index contributed by atoms with van der Waals surface area (Å²) in [5.41, 5.74) is -0.0477. The van der Waals surface area contributed by atoms with E-state index in [1.165, 1.54) is 6.42 Å². The lowest BCUT2D eigenvalue weighted by Crippen LogP contribution is -2.65. The fourth-order valence-corrected chi connectivity index (χ4v) is 5.23. The zero-order valence-electron chi connectivity index (χ0n) is 16.4. The minimum atomic E-state index is -1.21. The predicted octanol–water partition coefficient (Wildman–Crippen LogP) is 2.05. The topological polar surface area (TPSA) is 96.9 Å². The maximum atomic E-state index is 12.1. The number of rotatable bonds is 6. The van der Waals surface area contributed by atoms with Gasteiger partial charge in [-0.05, 0) is 49.4 Å². The second-order valence-corrected chi connectivity index (χ2v) is 9.30. The van der Waals surface area contributed by atoms with Gasteiger partial charge < -0.3 is 25.0 Å². The molecule has 0 spiro atoms. The van der Waals surface area contributed by atoms with Crippen molar-refractivity contribution in [3.05, 3.63) is 0 Å². The minimum absolute atomic E-state index is 0.0629. The molecule has 0 aromatic carbocycles. The van der Waals surface area contributed by atoms with Crippen molar-refractivity contribution >= 4 is 19.1 Å². The van der Waals surface area contributed by atoms with Crippen LogP contribution in [0.2, 0.25) is 0 Å². The summed E-state index contributed by atoms with van der Waals surface area (Å²) in [4.78, 5) is 22.7. The van der Waals surface area contributed by atoms with Crippen LogP contribution in [0.15, 0.2) is 0 Å². The molecule has 0 aromatic heterocycles. The Balaban J connectivity index is 1.68. The average molecular weight is 366 g/mol. The molecule has 146 valence electrons. The molecule has 2 bridgehead atoms. The van der Waals surface area contributed by atoms with Gasteiger partial charge in [-0.15, -0.1) is 0 Å². The molecule has 4 aliphatic rings. The summed E-state index contributed by atoms with van der Waals surface area (Å²) in [7, 11) is -0.490. The van der Waals surface area contributed by atoms with Gasteiger partial charge >= 0.3 is 13.2 Å². The number of hydrogen-bond donors (Lipinski definition) is 3. The Hall–Kier alpha value is -1.28. The normalized spacial score (nSPS) is 35.5. The maximum absolute atomic E-state index is 12.1. The second-order valence-electron chi connectivity index (χ2n) is 9.30. The van der Waals surface area contributed by atoms with Crippen LogP contribution in [0.3, 0.4) is 0 Å². The molecule has 3 aliphatic carbocycles. The lowest BCUT2D eigenvalue weighted by Gasteiger charge is -2.64. The maximum Gasteiger partial charge on any atom is 0.481 e. The van der Waals surface area contributed by atoms with Gasteiger partial charge in [-0.3, -0.25) is 4.79 Å². The Bertz CT molecular complexity index is 584. The number of carboxylic acid groups (broad SMARTS) is 1. The van der Waals surface area contributed by atoms with Crippen molar-refractivity contribution in [3.8, 4) is 0 Å². The van der Waals surface area contributed by atoms with Crippen molar-refractivity contribution in [1.29, 1.82) is 0 Å². The number of carbonyl (C=O) groups is 2. The minimum Gasteiger partial charge on any atom is -0.465 e. The first-order valence-corrected chi connectivity index (χ1v) is 9.63. The van der Waals surface area contributed by atoms with E-state index in [4.69, 9.17) is 14.4 Å². The molecule has 7 nitrogen and oxygen atoms in total. The van der Waals surface area contributed by atoms with E-state index < -0.39 is 13.2 Å². The molecule has 1 heterocycles. The second kappa shape index (κ2) is 6.71. The van der Waals surface area contributed by atoms with E-state index in [0.717, 1.165) is 6.42 Å². The molecule has 4 fully saturated rings. The van der Waals surface area contributed by atoms with Gasteiger partial charge in [0.05, 0.1) is 24.2 Å². The van der Waals surface area contributed by atoms with Crippen LogP contribution in [0.4, 0.5) is 4.79 Å². The molecule has 4 rings (SSSR count). The molecule has 0 radical (unpaired) electrons. The van der Waals surface area contributed by atoms with E-state index in [-0.39, 0.29) is 35.5 Å². The molecule has 26 heavy (non-hydrogen) atoms. The smallest absolute Gasteiger partial charge is 0.465 e. The Morgan fingerprint density at radius 2 is 1.96 bits per heavy atom. The standard InChI is InChI=1S/C18H31BN2O5/c1-10(2)6-14(21-15(22)9-20-16(23)24)19-25-13-8-11-7-12(17(11,3)4)18(13,5)26-19/h10-14,20H,6-9H2,1-5H3,(H,21,22)(H,23,24)/t11-,12-,13+,14?,18-/m0/s1. The first-order valence-electron chi connectivity index (χ1n) is 9.63. The fourth-order valence-electron chi connectivity index (χ4n) is 5.23. The van der Waals surface area contributed by atoms with Crippen LogP contribution in [0.25, 0.3) is 0 Å². The Labute approximate surface area is 155 Å². The van der Waals surface area contributed by atoms with E-state index in [1.807, 2.05) is 0 Å². The van der Waals surface area contributed by atoms with Crippen LogP contribution >= 0.6 is 0 Å². The highest BCUT2D eigenvalue weighted by Gasteiger charge is 2.68. The van der Waals surface area contributed by atoms with E-state index in [0.29, 0.717) is 24.2 Å². The molecule has 3 N–H and O–H groups in total. The number of nitrogens with one attached hydrogen (secondary N) is 2. The molecule has 3 saturated carbocycles. The van der Waals surface area contributed by atoms with Crippen molar-refractivity contribution in [3.63, 3.8) is 0 Å². The van der Waals surface area contributed by atoms with E-state index >= 15 is 0 Å². The molecule has 0 aromatic rings. The van der Waals surface area contributed by atoms with Gasteiger partial charge in [-0.25, -0.2) is 4.79 Å². The monoisotopic (exact) mass is 366 g/mol. The van der Waals surface area contributed by atoms with Gasteiger partial charge in [0.2, 0.25) is 5.91 Å². The van der Waals surface area contributed by atoms with Crippen LogP contribution in [0, 0.1) is 23.2 Å². The lowest BCUT2D eigenvalue weighted by atomic mass is 9.43. The molecule has 8 heteroatoms. The third kappa shape index (κ3) is 3.33. The lowest BCUT2D eigenvalue weighted by molar-refractivity contribution is -0.199. The highest BCUT2D eigenvalue weighted by molar-refractivity contribution is 6.47. The first kappa shape index (κ1) is 19.5. The van der Waals surface area contributed by atoms with Gasteiger partial charge in [0.15, 0.2) is 0 Å². The van der Waals surface area contributed by atoms with Gasteiger partial charge in [-0.1, -0.05) is 27.7 Å². The summed E-state index contributed by atoms with van der Waals surface area (Å²) in [6, 6.07) is 0. The molecule has 2 amide bonds. The fraction of sp³-hybridized carbons (Fsp3) is 0.889. The summed E-state index contributed by atoms with van der Waals surface area (Å²) < 4.78 is 12.7. The van der Waals surface area contributed by atoms with Gasteiger partial charge in [0.1, 0.15) is 0 Å². The third-order valence-electron chi connectivity index (χ3n) is 6.77. The zero-order valence-corrected chi connectivity index (χ0v) is 16.4. The van der Waals surface area contributed by atoms with Crippen molar-refractivity contribution in [2.75, 3.05) is 6.54 Å². The van der Waals surface area contributed by atoms with Gasteiger partial charge in [-0.2, -0.15) is 0 Å². The van der Waals surface area contributed by atoms with E-state index in [1.54, 1.807) is 0 Å². The molecular formula is C18H31BN2O5. The number of amides is 2. The first-order chi connectivity index (χ1) is 12.0. The Kier molecular flexibility index (Phi) is 5.03. The van der Waals surface area contributed by atoms with Crippen LogP contribution < -0.4 is 10.6 Å². The number of hydrogen-bond acceptors (Lipinski definition) is 4. The molecular weight excluding hydrogens is 335 g/mol. The van der Waals surface area contributed by atoms with Crippen LogP contribution in [0.1, 0.15) is 53.9 Å². The third-order valence-corrected chi connectivity index (χ3v) is 6.77. The van der Waals surface area contributed by atoms with Crippen LogP contribution in [-0.4, -0.2) is 48.4 Å². The molecule has 1 aliphatic heterocycles.